The van der Waals surface area contributed by atoms with Crippen LogP contribution in [-0.4, -0.2) is 139 Å². The van der Waals surface area contributed by atoms with Crippen LogP contribution in [0.3, 0.4) is 0 Å². The molecule has 63 heavy (non-hydrogen) atoms. The van der Waals surface area contributed by atoms with Crippen LogP contribution in [0.1, 0.15) is 138 Å². The Labute approximate surface area is 418 Å². The van der Waals surface area contributed by atoms with E-state index in [2.05, 4.69) is 72.4 Å². The number of hydroxylamine groups is 1. The highest BCUT2D eigenvalue weighted by molar-refractivity contribution is 8.77. The number of carbonyl (C=O) groups excluding carboxylic acids is 5. The SMILES string of the molecule is CCC.CCCCSSCCNCCC(=O)CCC(=O)NCCS.CCSSCCNC(=O)CCC(=O)CCNCCSSCCCCCCCNC(=O)CC.CSCC(C)NO. The maximum absolute atomic E-state index is 11.9. The Hall–Kier alpha value is 0.390. The molecule has 0 aromatic heterocycles. The van der Waals surface area contributed by atoms with E-state index >= 15 is 0 Å². The number of amides is 3. The highest BCUT2D eigenvalue weighted by Crippen LogP contribution is 2.23. The normalized spacial score (nSPS) is 10.9. The van der Waals surface area contributed by atoms with Gasteiger partial charge in [0.25, 0.3) is 0 Å². The minimum Gasteiger partial charge on any atom is -0.356 e. The second-order valence-corrected chi connectivity index (χ2v) is 23.7. The zero-order valence-corrected chi connectivity index (χ0v) is 46.7. The van der Waals surface area contributed by atoms with Gasteiger partial charge in [-0.3, -0.25) is 24.0 Å². The summed E-state index contributed by atoms with van der Waals surface area (Å²) in [7, 11) is 11.2. The summed E-state index contributed by atoms with van der Waals surface area (Å²) >= 11 is 5.72. The van der Waals surface area contributed by atoms with Crippen LogP contribution in [0.4, 0.5) is 0 Å². The second-order valence-electron chi connectivity index (χ2n) is 14.0. The molecule has 0 fully saturated rings. The van der Waals surface area contributed by atoms with Crippen LogP contribution in [0.5, 0.6) is 0 Å². The van der Waals surface area contributed by atoms with Crippen LogP contribution in [0.15, 0.2) is 0 Å². The van der Waals surface area contributed by atoms with Crippen molar-refractivity contribution in [2.24, 2.45) is 0 Å². The number of hydrogen-bond acceptors (Lipinski definition) is 17. The van der Waals surface area contributed by atoms with Gasteiger partial charge in [-0.25, -0.2) is 5.48 Å². The lowest BCUT2D eigenvalue weighted by Crippen LogP contribution is -2.26. The molecule has 0 bridgehead atoms. The lowest BCUT2D eigenvalue weighted by molar-refractivity contribution is -0.125. The molecular weight excluding hydrogens is 953 g/mol. The number of ketones is 2. The van der Waals surface area contributed by atoms with Crippen LogP contribution < -0.4 is 32.1 Å². The van der Waals surface area contributed by atoms with Gasteiger partial charge in [0.05, 0.1) is 0 Å². The molecule has 0 radical (unpaired) electrons. The quantitative estimate of drug-likeness (QED) is 0.0125. The molecule has 0 saturated heterocycles. The summed E-state index contributed by atoms with van der Waals surface area (Å²) in [6.07, 6.45) is 14.6. The van der Waals surface area contributed by atoms with Crippen molar-refractivity contribution >= 4 is 118 Å². The minimum absolute atomic E-state index is 0.0256. The summed E-state index contributed by atoms with van der Waals surface area (Å²) in [6, 6.07) is 0.218. The van der Waals surface area contributed by atoms with Gasteiger partial charge in [-0.2, -0.15) is 24.4 Å². The van der Waals surface area contributed by atoms with Crippen LogP contribution >= 0.6 is 89.2 Å². The number of thioether (sulfide) groups is 1. The molecule has 12 nitrogen and oxygen atoms in total. The van der Waals surface area contributed by atoms with Gasteiger partial charge in [0, 0.05) is 143 Å². The van der Waals surface area contributed by atoms with Gasteiger partial charge < -0.3 is 31.8 Å². The first-order chi connectivity index (χ1) is 30.5. The molecule has 0 rings (SSSR count). The summed E-state index contributed by atoms with van der Waals surface area (Å²) in [5.74, 6) is 8.40. The average Bonchev–Trinajstić information content (AvgIpc) is 3.28. The molecule has 0 heterocycles. The molecule has 0 spiro atoms. The maximum Gasteiger partial charge on any atom is 0.220 e. The fourth-order valence-corrected chi connectivity index (χ4v) is 10.9. The molecule has 0 aliphatic heterocycles. The molecule has 1 atom stereocenters. The van der Waals surface area contributed by atoms with Crippen molar-refractivity contribution in [1.82, 2.24) is 32.1 Å². The molecule has 1 unspecified atom stereocenters. The molecule has 0 aliphatic rings. The van der Waals surface area contributed by atoms with E-state index in [0.29, 0.717) is 70.5 Å². The Bertz CT molecular complexity index is 1020. The van der Waals surface area contributed by atoms with E-state index < -0.39 is 0 Å². The first-order valence-electron chi connectivity index (χ1n) is 23.0. The van der Waals surface area contributed by atoms with E-state index in [4.69, 9.17) is 5.21 Å². The predicted octanol–water partition coefficient (Wildman–Crippen LogP) is 9.37. The molecular formula is C43H90N6O6S8. The van der Waals surface area contributed by atoms with Crippen molar-refractivity contribution < 1.29 is 29.2 Å². The first kappa shape index (κ1) is 70.0. The van der Waals surface area contributed by atoms with Gasteiger partial charge in [-0.05, 0) is 32.4 Å². The molecule has 0 aromatic carbocycles. The molecule has 0 aliphatic carbocycles. The Morgan fingerprint density at radius 3 is 1.46 bits per heavy atom. The second kappa shape index (κ2) is 62.4. The molecule has 7 N–H and O–H groups in total. The van der Waals surface area contributed by atoms with Gasteiger partial charge in [0.1, 0.15) is 11.6 Å². The Kier molecular flexibility index (Phi) is 69.3. The van der Waals surface area contributed by atoms with Crippen molar-refractivity contribution in [3.05, 3.63) is 0 Å². The van der Waals surface area contributed by atoms with Gasteiger partial charge in [-0.1, -0.05) is 131 Å². The predicted molar refractivity (Wildman–Crippen MR) is 294 cm³/mol. The summed E-state index contributed by atoms with van der Waals surface area (Å²) in [5, 5.41) is 23.3. The highest BCUT2D eigenvalue weighted by atomic mass is 33.1. The van der Waals surface area contributed by atoms with Crippen LogP contribution in [0.2, 0.25) is 0 Å². The summed E-state index contributed by atoms with van der Waals surface area (Å²) in [5.41, 5.74) is 2.14. The number of rotatable bonds is 42. The van der Waals surface area contributed by atoms with Crippen LogP contribution in [-0.2, 0) is 24.0 Å². The number of unbranched alkanes of at least 4 members (excludes halogenated alkanes) is 5. The zero-order chi connectivity index (χ0) is 47.9. The van der Waals surface area contributed by atoms with E-state index in [9.17, 15) is 24.0 Å². The maximum atomic E-state index is 11.9. The molecule has 376 valence electrons. The topological polar surface area (TPSA) is 178 Å². The van der Waals surface area contributed by atoms with Crippen LogP contribution in [0, 0.1) is 0 Å². The van der Waals surface area contributed by atoms with E-state index in [1.807, 2.05) is 63.3 Å². The monoisotopic (exact) mass is 1040 g/mol. The zero-order valence-electron chi connectivity index (χ0n) is 40.1. The smallest absolute Gasteiger partial charge is 0.220 e. The van der Waals surface area contributed by atoms with Crippen molar-refractivity contribution in [3.63, 3.8) is 0 Å². The highest BCUT2D eigenvalue weighted by Gasteiger charge is 2.08. The average molecular weight is 1040 g/mol. The van der Waals surface area contributed by atoms with Crippen molar-refractivity contribution in [1.29, 1.82) is 0 Å². The number of thiol groups is 1. The third kappa shape index (κ3) is 69.1. The number of hydrogen-bond donors (Lipinski definition) is 8. The van der Waals surface area contributed by atoms with Crippen LogP contribution in [0.25, 0.3) is 0 Å². The lowest BCUT2D eigenvalue weighted by Gasteiger charge is -2.06. The van der Waals surface area contributed by atoms with Crippen molar-refractivity contribution in [2.45, 2.75) is 144 Å². The molecule has 0 aromatic rings. The third-order valence-corrected chi connectivity index (χ3v) is 16.2. The number of carbonyl (C=O) groups is 5. The van der Waals surface area contributed by atoms with E-state index in [0.717, 1.165) is 54.8 Å². The molecule has 20 heteroatoms. The lowest BCUT2D eigenvalue weighted by atomic mass is 10.1. The third-order valence-electron chi connectivity index (χ3n) is 7.72. The number of nitrogens with one attached hydrogen (secondary N) is 6. The largest absolute Gasteiger partial charge is 0.356 e. The molecule has 3 amide bonds. The summed E-state index contributed by atoms with van der Waals surface area (Å²) in [4.78, 5) is 57.6. The standard InChI is InChI=1S/C22H43N3O3S4.C14H28N2O2S3.C4H11NOS.C3H8/c1-3-21(27)24-13-8-6-5-7-9-17-30-32-18-15-23-14-12-20(26)10-11-22(28)25-16-19-31-29-4-2;1-2-3-11-20-21-12-9-15-7-6-13(17)4-5-14(18)16-8-10-19;1-4(5-6)3-7-2;1-3-2/h23H,3-19H2,1-2H3,(H,24,27)(H,25,28);15,19H,2-12H2,1H3,(H,16,18);4-6H,3H2,1-2H3;3H2,1-2H3. The fourth-order valence-electron chi connectivity index (χ4n) is 4.33. The summed E-state index contributed by atoms with van der Waals surface area (Å²) in [6.45, 7) is 17.6. The van der Waals surface area contributed by atoms with Gasteiger partial charge in [0.2, 0.25) is 17.7 Å². The fraction of sp³-hybridized carbons (Fsp3) is 0.884. The Balaban J connectivity index is -0.000000477. The van der Waals surface area contributed by atoms with Crippen molar-refractivity contribution in [3.8, 4) is 0 Å². The van der Waals surface area contributed by atoms with E-state index in [-0.39, 0.29) is 41.8 Å². The van der Waals surface area contributed by atoms with Gasteiger partial charge in [-0.15, -0.1) is 0 Å². The van der Waals surface area contributed by atoms with Gasteiger partial charge in [0.15, 0.2) is 0 Å². The van der Waals surface area contributed by atoms with E-state index in [1.165, 1.54) is 56.5 Å². The number of Topliss-reactive ketones (excluding diaryl/α,β-unsaturated/α-hetero) is 2. The first-order valence-corrected chi connectivity index (χ1v) is 32.5. The van der Waals surface area contributed by atoms with Gasteiger partial charge >= 0.3 is 0 Å². The van der Waals surface area contributed by atoms with E-state index in [1.54, 1.807) is 33.3 Å². The van der Waals surface area contributed by atoms with Crippen molar-refractivity contribution in [2.75, 3.05) is 98.1 Å². The summed E-state index contributed by atoms with van der Waals surface area (Å²) < 4.78 is 0. The Morgan fingerprint density at radius 1 is 0.524 bits per heavy atom. The minimum atomic E-state index is -0.0640. The molecule has 0 saturated carbocycles. The Morgan fingerprint density at radius 2 is 0.984 bits per heavy atom.